The molecule has 2 unspecified atom stereocenters. The highest BCUT2D eigenvalue weighted by atomic mass is 32.2. The van der Waals surface area contributed by atoms with Crippen molar-refractivity contribution in [1.82, 2.24) is 9.97 Å². The molecular formula is C13H19F3N4S. The van der Waals surface area contributed by atoms with Crippen LogP contribution in [0.1, 0.15) is 26.6 Å². The minimum Gasteiger partial charge on any atom is -0.370 e. The number of hydrogen-bond donors (Lipinski definition) is 1. The molecule has 2 atom stereocenters. The van der Waals surface area contributed by atoms with E-state index in [1.165, 1.54) is 0 Å². The average Bonchev–Trinajstić information content (AvgIpc) is 2.36. The fourth-order valence-electron chi connectivity index (χ4n) is 2.36. The Bertz CT molecular complexity index is 485. The first-order chi connectivity index (χ1) is 9.79. The monoisotopic (exact) mass is 320 g/mol. The molecule has 0 amide bonds. The second-order valence-corrected chi connectivity index (χ2v) is 7.01. The lowest BCUT2D eigenvalue weighted by Crippen LogP contribution is -2.41. The summed E-state index contributed by atoms with van der Waals surface area (Å²) in [5, 5.41) is 3.56. The zero-order valence-corrected chi connectivity index (χ0v) is 13.1. The lowest BCUT2D eigenvalue weighted by atomic mass is 10.3. The molecule has 118 valence electrons. The van der Waals surface area contributed by atoms with Crippen molar-refractivity contribution in [1.29, 1.82) is 0 Å². The van der Waals surface area contributed by atoms with Crippen molar-refractivity contribution in [3.63, 3.8) is 0 Å². The summed E-state index contributed by atoms with van der Waals surface area (Å²) in [6.07, 6.45) is -4.54. The Morgan fingerprint density at radius 2 is 1.90 bits per heavy atom. The maximum atomic E-state index is 12.9. The lowest BCUT2D eigenvalue weighted by molar-refractivity contribution is -0.144. The Morgan fingerprint density at radius 1 is 1.29 bits per heavy atom. The lowest BCUT2D eigenvalue weighted by Gasteiger charge is -2.35. The van der Waals surface area contributed by atoms with E-state index >= 15 is 0 Å². The number of rotatable bonds is 3. The summed E-state index contributed by atoms with van der Waals surface area (Å²) in [5.74, 6) is -0.532. The van der Waals surface area contributed by atoms with Crippen LogP contribution in [-0.2, 0) is 6.18 Å². The molecule has 0 saturated carbocycles. The van der Waals surface area contributed by atoms with Crippen molar-refractivity contribution in [2.45, 2.75) is 37.4 Å². The Balaban J connectivity index is 2.35. The molecule has 21 heavy (non-hydrogen) atoms. The Labute approximate surface area is 126 Å². The average molecular weight is 320 g/mol. The van der Waals surface area contributed by atoms with E-state index in [0.29, 0.717) is 36.0 Å². The second kappa shape index (κ2) is 6.29. The van der Waals surface area contributed by atoms with E-state index in [2.05, 4.69) is 29.1 Å². The van der Waals surface area contributed by atoms with Gasteiger partial charge >= 0.3 is 6.18 Å². The molecule has 2 rings (SSSR count). The number of nitrogens with one attached hydrogen (secondary N) is 1. The molecule has 1 aliphatic rings. The van der Waals surface area contributed by atoms with Gasteiger partial charge in [-0.15, -0.1) is 0 Å². The van der Waals surface area contributed by atoms with Crippen molar-refractivity contribution in [3.8, 4) is 0 Å². The molecule has 2 heterocycles. The van der Waals surface area contributed by atoms with Gasteiger partial charge in [-0.2, -0.15) is 24.9 Å². The van der Waals surface area contributed by atoms with Crippen LogP contribution in [0.2, 0.25) is 0 Å². The Hall–Kier alpha value is -1.18. The third-order valence-corrected chi connectivity index (χ3v) is 4.30. The molecule has 1 aliphatic heterocycles. The summed E-state index contributed by atoms with van der Waals surface area (Å²) in [7, 11) is 0. The molecule has 0 radical (unpaired) electrons. The number of nitrogens with zero attached hydrogens (tertiary/aromatic N) is 3. The number of aromatic nitrogens is 2. The van der Waals surface area contributed by atoms with Crippen molar-refractivity contribution in [3.05, 3.63) is 11.9 Å². The highest BCUT2D eigenvalue weighted by Crippen LogP contribution is 2.32. The largest absolute Gasteiger partial charge is 0.451 e. The number of anilines is 2. The van der Waals surface area contributed by atoms with E-state index in [0.717, 1.165) is 0 Å². The summed E-state index contributed by atoms with van der Waals surface area (Å²) < 4.78 is 38.8. The van der Waals surface area contributed by atoms with Gasteiger partial charge in [0, 0.05) is 36.2 Å². The number of thioether (sulfide) groups is 1. The van der Waals surface area contributed by atoms with E-state index in [1.807, 2.05) is 23.6 Å². The summed E-state index contributed by atoms with van der Waals surface area (Å²) in [4.78, 5) is 9.17. The predicted molar refractivity (Wildman–Crippen MR) is 79.9 cm³/mol. The van der Waals surface area contributed by atoms with Crippen molar-refractivity contribution >= 4 is 23.4 Å². The van der Waals surface area contributed by atoms with Crippen molar-refractivity contribution in [2.24, 2.45) is 0 Å². The smallest absolute Gasteiger partial charge is 0.370 e. The number of hydrogen-bond acceptors (Lipinski definition) is 5. The van der Waals surface area contributed by atoms with Gasteiger partial charge in [0.15, 0.2) is 0 Å². The highest BCUT2D eigenvalue weighted by Gasteiger charge is 2.36. The summed E-state index contributed by atoms with van der Waals surface area (Å²) >= 11 is 1.84. The van der Waals surface area contributed by atoms with Crippen LogP contribution in [0.5, 0.6) is 0 Å². The van der Waals surface area contributed by atoms with Gasteiger partial charge in [-0.25, -0.2) is 9.97 Å². The van der Waals surface area contributed by atoms with Gasteiger partial charge in [0.05, 0.1) is 0 Å². The SMILES string of the molecule is CCNc1cc(N2CC(C)SC(C)C2)nc(C(F)(F)F)n1. The zero-order chi connectivity index (χ0) is 15.6. The van der Waals surface area contributed by atoms with E-state index < -0.39 is 12.0 Å². The topological polar surface area (TPSA) is 41.0 Å². The summed E-state index contributed by atoms with van der Waals surface area (Å²) in [6, 6.07) is 1.59. The molecule has 0 aromatic carbocycles. The van der Waals surface area contributed by atoms with Gasteiger partial charge < -0.3 is 10.2 Å². The summed E-state index contributed by atoms with van der Waals surface area (Å²) in [6.45, 7) is 7.85. The Kier molecular flexibility index (Phi) is 4.85. The third kappa shape index (κ3) is 4.15. The van der Waals surface area contributed by atoms with Crippen molar-refractivity contribution in [2.75, 3.05) is 29.9 Å². The standard InChI is InChI=1S/C13H19F3N4S/c1-4-17-10-5-11(19-12(18-10)13(14,15)16)20-6-8(2)21-9(3)7-20/h5,8-9H,4,6-7H2,1-3H3,(H,17,18,19). The number of alkyl halides is 3. The first kappa shape index (κ1) is 16.2. The van der Waals surface area contributed by atoms with Crippen LogP contribution in [0.3, 0.4) is 0 Å². The van der Waals surface area contributed by atoms with Gasteiger partial charge in [-0.1, -0.05) is 13.8 Å². The van der Waals surface area contributed by atoms with Gasteiger partial charge in [-0.3, -0.25) is 0 Å². The molecule has 1 fully saturated rings. The van der Waals surface area contributed by atoms with Gasteiger partial charge in [0.25, 0.3) is 0 Å². The molecule has 0 bridgehead atoms. The quantitative estimate of drug-likeness (QED) is 0.926. The van der Waals surface area contributed by atoms with Crippen LogP contribution >= 0.6 is 11.8 Å². The first-order valence-electron chi connectivity index (χ1n) is 6.90. The second-order valence-electron chi connectivity index (χ2n) is 5.13. The van der Waals surface area contributed by atoms with Gasteiger partial charge in [-0.05, 0) is 6.92 Å². The molecule has 0 aliphatic carbocycles. The maximum Gasteiger partial charge on any atom is 0.451 e. The fourth-order valence-corrected chi connectivity index (χ4v) is 3.69. The molecule has 1 N–H and O–H groups in total. The minimum atomic E-state index is -4.54. The van der Waals surface area contributed by atoms with Crippen LogP contribution in [0.15, 0.2) is 6.07 Å². The normalized spacial score (nSPS) is 23.2. The Morgan fingerprint density at radius 3 is 2.43 bits per heavy atom. The van der Waals surface area contributed by atoms with Gasteiger partial charge in [0.1, 0.15) is 11.6 Å². The molecule has 1 aromatic rings. The number of halogens is 3. The van der Waals surface area contributed by atoms with Crippen LogP contribution < -0.4 is 10.2 Å². The molecular weight excluding hydrogens is 301 g/mol. The van der Waals surface area contributed by atoms with E-state index in [4.69, 9.17) is 0 Å². The third-order valence-electron chi connectivity index (χ3n) is 3.07. The highest BCUT2D eigenvalue weighted by molar-refractivity contribution is 8.00. The maximum absolute atomic E-state index is 12.9. The van der Waals surface area contributed by atoms with Crippen LogP contribution in [-0.4, -0.2) is 40.1 Å². The van der Waals surface area contributed by atoms with Crippen molar-refractivity contribution < 1.29 is 13.2 Å². The molecule has 0 spiro atoms. The summed E-state index contributed by atoms with van der Waals surface area (Å²) in [5.41, 5.74) is 0. The van der Waals surface area contributed by atoms with Crippen LogP contribution in [0.25, 0.3) is 0 Å². The van der Waals surface area contributed by atoms with E-state index in [1.54, 1.807) is 6.07 Å². The van der Waals surface area contributed by atoms with Crippen LogP contribution in [0, 0.1) is 0 Å². The minimum absolute atomic E-state index is 0.216. The molecule has 4 nitrogen and oxygen atoms in total. The molecule has 8 heteroatoms. The van der Waals surface area contributed by atoms with E-state index in [-0.39, 0.29) is 5.82 Å². The zero-order valence-electron chi connectivity index (χ0n) is 12.2. The van der Waals surface area contributed by atoms with Crippen LogP contribution in [0.4, 0.5) is 24.8 Å². The van der Waals surface area contributed by atoms with E-state index in [9.17, 15) is 13.2 Å². The first-order valence-corrected chi connectivity index (χ1v) is 7.84. The predicted octanol–water partition coefficient (Wildman–Crippen LogP) is 3.26. The van der Waals surface area contributed by atoms with Gasteiger partial charge in [0.2, 0.25) is 5.82 Å². The molecule has 1 saturated heterocycles. The molecule has 1 aromatic heterocycles. The fraction of sp³-hybridized carbons (Fsp3) is 0.692.